The number of rotatable bonds is 6. The zero-order valence-electron chi connectivity index (χ0n) is 13.6. The Labute approximate surface area is 149 Å². The van der Waals surface area contributed by atoms with E-state index in [1.54, 1.807) is 29.7 Å². The Kier molecular flexibility index (Phi) is 5.14. The minimum Gasteiger partial charge on any atom is -0.369 e. The highest BCUT2D eigenvalue weighted by atomic mass is 32.2. The van der Waals surface area contributed by atoms with Gasteiger partial charge in [0.25, 0.3) is 0 Å². The molecule has 2 aromatic carbocycles. The highest BCUT2D eigenvalue weighted by molar-refractivity contribution is 8.00. The monoisotopic (exact) mass is 356 g/mol. The number of benzene rings is 2. The molecule has 0 aliphatic rings. The fraction of sp³-hybridized carbons (Fsp3) is 0.167. The summed E-state index contributed by atoms with van der Waals surface area (Å²) in [5.74, 6) is -0.392. The van der Waals surface area contributed by atoms with Gasteiger partial charge in [0, 0.05) is 0 Å². The maximum atomic E-state index is 14.2. The molecule has 0 saturated heterocycles. The number of primary amides is 1. The van der Waals surface area contributed by atoms with E-state index in [0.717, 1.165) is 5.56 Å². The molecule has 3 aromatic rings. The van der Waals surface area contributed by atoms with Gasteiger partial charge in [0.2, 0.25) is 5.91 Å². The zero-order chi connectivity index (χ0) is 17.8. The molecule has 0 aliphatic carbocycles. The number of halogens is 1. The predicted molar refractivity (Wildman–Crippen MR) is 95.5 cm³/mol. The van der Waals surface area contributed by atoms with Gasteiger partial charge in [-0.3, -0.25) is 9.36 Å². The van der Waals surface area contributed by atoms with Gasteiger partial charge < -0.3 is 5.73 Å². The third kappa shape index (κ3) is 3.88. The average molecular weight is 356 g/mol. The van der Waals surface area contributed by atoms with Crippen molar-refractivity contribution in [1.29, 1.82) is 0 Å². The highest BCUT2D eigenvalue weighted by Crippen LogP contribution is 2.28. The van der Waals surface area contributed by atoms with Gasteiger partial charge >= 0.3 is 0 Å². The minimum absolute atomic E-state index is 0.365. The lowest BCUT2D eigenvalue weighted by atomic mass is 10.2. The number of hydrogen-bond donors (Lipinski definition) is 1. The number of nitrogens with two attached hydrogens (primary N) is 1. The van der Waals surface area contributed by atoms with Crippen LogP contribution in [0.2, 0.25) is 0 Å². The summed E-state index contributed by atoms with van der Waals surface area (Å²) in [5, 5.41) is 8.37. The van der Waals surface area contributed by atoms with Gasteiger partial charge in [0.05, 0.1) is 17.4 Å². The Hall–Kier alpha value is -2.67. The maximum Gasteiger partial charge on any atom is 0.230 e. The van der Waals surface area contributed by atoms with Crippen LogP contribution in [0.25, 0.3) is 11.4 Å². The normalized spacial score (nSPS) is 12.1. The zero-order valence-corrected chi connectivity index (χ0v) is 14.4. The summed E-state index contributed by atoms with van der Waals surface area (Å²) < 4.78 is 16.0. The third-order valence-corrected chi connectivity index (χ3v) is 4.80. The van der Waals surface area contributed by atoms with Gasteiger partial charge in [-0.2, -0.15) is 0 Å². The molecule has 1 heterocycles. The molecular weight excluding hydrogens is 339 g/mol. The van der Waals surface area contributed by atoms with Crippen molar-refractivity contribution >= 4 is 17.7 Å². The lowest BCUT2D eigenvalue weighted by molar-refractivity contribution is -0.117. The van der Waals surface area contributed by atoms with Crippen LogP contribution >= 0.6 is 11.8 Å². The fourth-order valence-electron chi connectivity index (χ4n) is 2.34. The van der Waals surface area contributed by atoms with Crippen LogP contribution < -0.4 is 5.73 Å². The first-order chi connectivity index (χ1) is 12.1. The second-order valence-electron chi connectivity index (χ2n) is 5.52. The first kappa shape index (κ1) is 17.2. The average Bonchev–Trinajstić information content (AvgIpc) is 2.98. The molecule has 0 saturated carbocycles. The Morgan fingerprint density at radius 2 is 1.84 bits per heavy atom. The van der Waals surface area contributed by atoms with E-state index in [2.05, 4.69) is 10.2 Å². The second-order valence-corrected chi connectivity index (χ2v) is 6.83. The van der Waals surface area contributed by atoms with Crippen molar-refractivity contribution in [3.8, 4) is 11.4 Å². The van der Waals surface area contributed by atoms with Crippen LogP contribution in [0.5, 0.6) is 0 Å². The van der Waals surface area contributed by atoms with E-state index in [0.29, 0.717) is 23.1 Å². The van der Waals surface area contributed by atoms with E-state index in [9.17, 15) is 9.18 Å². The van der Waals surface area contributed by atoms with Gasteiger partial charge in [-0.05, 0) is 24.6 Å². The summed E-state index contributed by atoms with van der Waals surface area (Å²) in [5.41, 5.74) is 6.74. The van der Waals surface area contributed by atoms with Crippen LogP contribution in [-0.4, -0.2) is 25.9 Å². The summed E-state index contributed by atoms with van der Waals surface area (Å²) >= 11 is 1.21. The van der Waals surface area contributed by atoms with E-state index >= 15 is 0 Å². The van der Waals surface area contributed by atoms with E-state index < -0.39 is 11.2 Å². The Balaban J connectivity index is 2.05. The molecule has 0 fully saturated rings. The topological polar surface area (TPSA) is 73.8 Å². The van der Waals surface area contributed by atoms with E-state index in [1.165, 1.54) is 17.8 Å². The number of carbonyl (C=O) groups is 1. The summed E-state index contributed by atoms with van der Waals surface area (Å²) in [6, 6.07) is 16.2. The van der Waals surface area contributed by atoms with Crippen molar-refractivity contribution in [2.75, 3.05) is 0 Å². The van der Waals surface area contributed by atoms with E-state index in [1.807, 2.05) is 30.3 Å². The quantitative estimate of drug-likeness (QED) is 0.689. The van der Waals surface area contributed by atoms with Crippen LogP contribution in [-0.2, 0) is 11.3 Å². The Morgan fingerprint density at radius 3 is 2.52 bits per heavy atom. The minimum atomic E-state index is -0.466. The number of amides is 1. The first-order valence-corrected chi connectivity index (χ1v) is 8.62. The summed E-state index contributed by atoms with van der Waals surface area (Å²) in [4.78, 5) is 11.4. The molecular formula is C18H17FN4OS. The number of nitrogens with zero attached hydrogens (tertiary/aromatic N) is 3. The number of carbonyl (C=O) groups excluding carboxylic acids is 1. The molecule has 0 spiro atoms. The molecule has 25 heavy (non-hydrogen) atoms. The molecule has 7 heteroatoms. The lowest BCUT2D eigenvalue weighted by Gasteiger charge is -2.12. The van der Waals surface area contributed by atoms with Crippen LogP contribution in [0.3, 0.4) is 0 Å². The Bertz CT molecular complexity index is 882. The Morgan fingerprint density at radius 1 is 1.16 bits per heavy atom. The smallest absolute Gasteiger partial charge is 0.230 e. The SMILES string of the molecule is C[C@H](Sc1nnc(-c2ccccc2F)n1Cc1ccccc1)C(N)=O. The first-order valence-electron chi connectivity index (χ1n) is 7.74. The molecule has 3 rings (SSSR count). The molecule has 0 bridgehead atoms. The standard InChI is InChI=1S/C18H17FN4OS/c1-12(16(20)24)25-18-22-21-17(14-9-5-6-10-15(14)19)23(18)11-13-7-3-2-4-8-13/h2-10,12H,11H2,1H3,(H2,20,24)/t12-/m0/s1. The van der Waals surface area contributed by atoms with Crippen LogP contribution in [0.1, 0.15) is 12.5 Å². The van der Waals surface area contributed by atoms with Gasteiger partial charge in [0.15, 0.2) is 11.0 Å². The molecule has 5 nitrogen and oxygen atoms in total. The number of thioether (sulfide) groups is 1. The largest absolute Gasteiger partial charge is 0.369 e. The van der Waals surface area contributed by atoms with Crippen molar-refractivity contribution in [1.82, 2.24) is 14.8 Å². The van der Waals surface area contributed by atoms with Crippen LogP contribution in [0.4, 0.5) is 4.39 Å². The summed E-state index contributed by atoms with van der Waals surface area (Å²) in [6.45, 7) is 2.17. The van der Waals surface area contributed by atoms with Crippen molar-refractivity contribution in [2.24, 2.45) is 5.73 Å². The van der Waals surface area contributed by atoms with Crippen molar-refractivity contribution < 1.29 is 9.18 Å². The molecule has 1 aromatic heterocycles. The second kappa shape index (κ2) is 7.48. The molecule has 0 unspecified atom stereocenters. The van der Waals surface area contributed by atoms with Gasteiger partial charge in [-0.1, -0.05) is 54.2 Å². The van der Waals surface area contributed by atoms with E-state index in [4.69, 9.17) is 5.73 Å². The number of aromatic nitrogens is 3. The third-order valence-electron chi connectivity index (χ3n) is 3.70. The molecule has 1 amide bonds. The molecule has 1 atom stereocenters. The molecule has 0 radical (unpaired) electrons. The maximum absolute atomic E-state index is 14.2. The molecule has 128 valence electrons. The predicted octanol–water partition coefficient (Wildman–Crippen LogP) is 3.10. The van der Waals surface area contributed by atoms with Crippen LogP contribution in [0, 0.1) is 5.82 Å². The lowest BCUT2D eigenvalue weighted by Crippen LogP contribution is -2.23. The van der Waals surface area contributed by atoms with Gasteiger partial charge in [-0.15, -0.1) is 10.2 Å². The fourth-order valence-corrected chi connectivity index (χ4v) is 3.14. The van der Waals surface area contributed by atoms with Crippen molar-refractivity contribution in [2.45, 2.75) is 23.9 Å². The summed E-state index contributed by atoms with van der Waals surface area (Å²) in [7, 11) is 0. The van der Waals surface area contributed by atoms with Crippen LogP contribution in [0.15, 0.2) is 59.8 Å². The summed E-state index contributed by atoms with van der Waals surface area (Å²) in [6.07, 6.45) is 0. The van der Waals surface area contributed by atoms with Crippen molar-refractivity contribution in [3.63, 3.8) is 0 Å². The highest BCUT2D eigenvalue weighted by Gasteiger charge is 2.20. The van der Waals surface area contributed by atoms with Gasteiger partial charge in [-0.25, -0.2) is 4.39 Å². The van der Waals surface area contributed by atoms with Crippen molar-refractivity contribution in [3.05, 3.63) is 66.0 Å². The number of hydrogen-bond acceptors (Lipinski definition) is 4. The van der Waals surface area contributed by atoms with Gasteiger partial charge in [0.1, 0.15) is 5.82 Å². The molecule has 2 N–H and O–H groups in total. The molecule has 0 aliphatic heterocycles. The van der Waals surface area contributed by atoms with E-state index in [-0.39, 0.29) is 5.82 Å².